The highest BCUT2D eigenvalue weighted by Gasteiger charge is 2.26. The average molecular weight is 557 g/mol. The summed E-state index contributed by atoms with van der Waals surface area (Å²) in [5, 5.41) is 3.15. The molecule has 0 amide bonds. The van der Waals surface area contributed by atoms with Crippen molar-refractivity contribution in [3.63, 3.8) is 0 Å². The minimum atomic E-state index is -4.01. The first-order valence-electron chi connectivity index (χ1n) is 14.9. The number of alkyl halides is 3. The molecule has 2 aromatic carbocycles. The highest BCUT2D eigenvalue weighted by Crippen LogP contribution is 2.35. The van der Waals surface area contributed by atoms with Crippen LogP contribution in [0, 0.1) is 0 Å². The molecule has 2 heterocycles. The number of para-hydroxylation sites is 2. The number of halogens is 3. The zero-order valence-electron chi connectivity index (χ0n) is 23.5. The number of nitrogens with zero attached hydrogens (tertiary/aromatic N) is 3. The lowest BCUT2D eigenvalue weighted by Gasteiger charge is -2.36. The third-order valence-electron chi connectivity index (χ3n) is 7.99. The predicted octanol–water partition coefficient (Wildman–Crippen LogP) is 7.42. The summed E-state index contributed by atoms with van der Waals surface area (Å²) in [6.45, 7) is 6.04. The molecule has 2 aliphatic rings. The van der Waals surface area contributed by atoms with E-state index in [9.17, 15) is 18.0 Å². The van der Waals surface area contributed by atoms with E-state index in [1.54, 1.807) is 0 Å². The topological polar surface area (TPSA) is 38.8 Å². The molecule has 1 saturated heterocycles. The van der Waals surface area contributed by atoms with Gasteiger partial charge in [0, 0.05) is 44.8 Å². The van der Waals surface area contributed by atoms with Crippen molar-refractivity contribution in [3.05, 3.63) is 59.9 Å². The summed E-state index contributed by atoms with van der Waals surface area (Å²) in [5.41, 5.74) is 4.69. The SMILES string of the molecule is O=C=C1Nc2ccccc2N1CCCCN1CCN(c2cccc(CCCCCCCCCC(F)(F)F)c2)CC1. The Morgan fingerprint density at radius 1 is 0.775 bits per heavy atom. The van der Waals surface area contributed by atoms with Crippen molar-refractivity contribution in [2.45, 2.75) is 76.8 Å². The zero-order chi connectivity index (χ0) is 28.2. The number of nitrogens with one attached hydrogen (secondary N) is 1. The second-order valence-electron chi connectivity index (χ2n) is 11.0. The van der Waals surface area contributed by atoms with Gasteiger partial charge in [0.25, 0.3) is 0 Å². The van der Waals surface area contributed by atoms with E-state index in [0.717, 1.165) is 102 Å². The third kappa shape index (κ3) is 9.31. The maximum atomic E-state index is 12.2. The van der Waals surface area contributed by atoms with E-state index in [4.69, 9.17) is 0 Å². The number of carbonyl (C=O) groups excluding carboxylic acids is 1. The van der Waals surface area contributed by atoms with Crippen LogP contribution in [0.3, 0.4) is 0 Å². The second-order valence-corrected chi connectivity index (χ2v) is 11.0. The van der Waals surface area contributed by atoms with Crippen molar-refractivity contribution in [1.82, 2.24) is 4.90 Å². The summed E-state index contributed by atoms with van der Waals surface area (Å²) in [4.78, 5) is 18.4. The maximum absolute atomic E-state index is 12.2. The molecule has 0 aromatic heterocycles. The van der Waals surface area contributed by atoms with Crippen LogP contribution in [0.2, 0.25) is 0 Å². The third-order valence-corrected chi connectivity index (χ3v) is 7.99. The van der Waals surface area contributed by atoms with Crippen molar-refractivity contribution in [2.24, 2.45) is 0 Å². The normalized spacial score (nSPS) is 15.7. The Bertz CT molecular complexity index is 1110. The van der Waals surface area contributed by atoms with Crippen molar-refractivity contribution in [3.8, 4) is 0 Å². The van der Waals surface area contributed by atoms with Gasteiger partial charge in [-0.05, 0) is 68.5 Å². The lowest BCUT2D eigenvalue weighted by Crippen LogP contribution is -2.46. The number of aryl methyl sites for hydroxylation is 1. The van der Waals surface area contributed by atoms with Crippen LogP contribution >= 0.6 is 0 Å². The van der Waals surface area contributed by atoms with Gasteiger partial charge in [0.2, 0.25) is 0 Å². The fraction of sp³-hybridized carbons (Fsp3) is 0.562. The Morgan fingerprint density at radius 3 is 2.23 bits per heavy atom. The summed E-state index contributed by atoms with van der Waals surface area (Å²) in [6, 6.07) is 16.9. The molecule has 1 N–H and O–H groups in total. The number of hydrogen-bond donors (Lipinski definition) is 1. The van der Waals surface area contributed by atoms with E-state index in [2.05, 4.69) is 39.4 Å². The van der Waals surface area contributed by atoms with Gasteiger partial charge in [-0.1, -0.05) is 56.4 Å². The number of fused-ring (bicyclic) bond motifs is 1. The van der Waals surface area contributed by atoms with E-state index in [-0.39, 0.29) is 6.42 Å². The Morgan fingerprint density at radius 2 is 1.48 bits per heavy atom. The average Bonchev–Trinajstić information content (AvgIpc) is 3.32. The van der Waals surface area contributed by atoms with E-state index in [0.29, 0.717) is 12.2 Å². The molecular weight excluding hydrogens is 513 g/mol. The molecule has 0 aliphatic carbocycles. The van der Waals surface area contributed by atoms with Gasteiger partial charge in [-0.2, -0.15) is 13.2 Å². The first kappa shape index (κ1) is 30.0. The Balaban J connectivity index is 1.08. The van der Waals surface area contributed by atoms with Gasteiger partial charge >= 0.3 is 6.18 Å². The van der Waals surface area contributed by atoms with Crippen molar-refractivity contribution >= 4 is 23.0 Å². The van der Waals surface area contributed by atoms with Gasteiger partial charge in [0.05, 0.1) is 11.4 Å². The molecule has 218 valence electrons. The Hall–Kier alpha value is -2.96. The summed E-state index contributed by atoms with van der Waals surface area (Å²) in [5.74, 6) is 2.55. The largest absolute Gasteiger partial charge is 0.389 e. The molecule has 0 saturated carbocycles. The fourth-order valence-electron chi connectivity index (χ4n) is 5.73. The highest BCUT2D eigenvalue weighted by molar-refractivity contribution is 5.85. The molecule has 4 rings (SSSR count). The standard InChI is InChI=1S/C32H43F3N4O/c33-32(34,35)18-9-5-3-1-2-4-6-13-27-14-12-15-28(25-27)38-23-21-37(22-24-38)19-10-11-20-39-30-17-8-7-16-29(30)36-31(39)26-40/h7-8,12,14-17,25,36H,1-6,9-11,13,18-24H2. The maximum Gasteiger partial charge on any atom is 0.389 e. The summed E-state index contributed by atoms with van der Waals surface area (Å²) >= 11 is 0. The fourth-order valence-corrected chi connectivity index (χ4v) is 5.73. The van der Waals surface area contributed by atoms with Crippen LogP contribution < -0.4 is 15.1 Å². The van der Waals surface area contributed by atoms with E-state index in [1.165, 1.54) is 11.3 Å². The minimum absolute atomic E-state index is 0.262. The van der Waals surface area contributed by atoms with E-state index in [1.807, 2.05) is 35.1 Å². The molecule has 0 atom stereocenters. The summed E-state index contributed by atoms with van der Waals surface area (Å²) in [7, 11) is 0. The molecular formula is C32H43F3N4O. The number of hydrogen-bond acceptors (Lipinski definition) is 5. The molecule has 0 bridgehead atoms. The molecule has 2 aliphatic heterocycles. The molecule has 1 fully saturated rings. The number of piperazine rings is 1. The number of anilines is 3. The number of benzene rings is 2. The predicted molar refractivity (Wildman–Crippen MR) is 158 cm³/mol. The van der Waals surface area contributed by atoms with Crippen molar-refractivity contribution < 1.29 is 18.0 Å². The van der Waals surface area contributed by atoms with Gasteiger partial charge in [-0.25, -0.2) is 4.79 Å². The molecule has 40 heavy (non-hydrogen) atoms. The zero-order valence-corrected chi connectivity index (χ0v) is 23.5. The highest BCUT2D eigenvalue weighted by atomic mass is 19.4. The van der Waals surface area contributed by atoms with Gasteiger partial charge in [0.15, 0.2) is 11.8 Å². The first-order chi connectivity index (χ1) is 19.4. The Kier molecular flexibility index (Phi) is 11.4. The summed E-state index contributed by atoms with van der Waals surface area (Å²) < 4.78 is 36.6. The van der Waals surface area contributed by atoms with Gasteiger partial charge in [-0.15, -0.1) is 0 Å². The first-order valence-corrected chi connectivity index (χ1v) is 14.9. The van der Waals surface area contributed by atoms with Crippen molar-refractivity contribution in [2.75, 3.05) is 54.4 Å². The minimum Gasteiger partial charge on any atom is -0.369 e. The monoisotopic (exact) mass is 556 g/mol. The van der Waals surface area contributed by atoms with Crippen LogP contribution in [0.1, 0.15) is 69.8 Å². The van der Waals surface area contributed by atoms with Crippen LogP contribution in [0.5, 0.6) is 0 Å². The lowest BCUT2D eigenvalue weighted by molar-refractivity contribution is -0.135. The van der Waals surface area contributed by atoms with E-state index >= 15 is 0 Å². The smallest absolute Gasteiger partial charge is 0.369 e. The van der Waals surface area contributed by atoms with Gasteiger partial charge in [-0.3, -0.25) is 4.90 Å². The van der Waals surface area contributed by atoms with Crippen LogP contribution in [-0.4, -0.2) is 56.3 Å². The molecule has 2 aromatic rings. The molecule has 8 heteroatoms. The van der Waals surface area contributed by atoms with Crippen LogP contribution in [0.4, 0.5) is 30.2 Å². The second kappa shape index (κ2) is 15.2. The quantitative estimate of drug-likeness (QED) is 0.183. The van der Waals surface area contributed by atoms with Crippen LogP contribution in [0.25, 0.3) is 0 Å². The Labute approximate surface area is 237 Å². The summed E-state index contributed by atoms with van der Waals surface area (Å²) in [6.07, 6.45) is 4.75. The molecule has 5 nitrogen and oxygen atoms in total. The van der Waals surface area contributed by atoms with Crippen LogP contribution in [-0.2, 0) is 11.2 Å². The molecule has 0 unspecified atom stereocenters. The van der Waals surface area contributed by atoms with Crippen LogP contribution in [0.15, 0.2) is 54.4 Å². The van der Waals surface area contributed by atoms with Gasteiger partial charge < -0.3 is 15.1 Å². The number of unbranched alkanes of at least 4 members (excludes halogenated alkanes) is 7. The van der Waals surface area contributed by atoms with Crippen molar-refractivity contribution in [1.29, 1.82) is 0 Å². The van der Waals surface area contributed by atoms with E-state index < -0.39 is 12.6 Å². The lowest BCUT2D eigenvalue weighted by atomic mass is 10.0. The van der Waals surface area contributed by atoms with Gasteiger partial charge in [0.1, 0.15) is 0 Å². The number of rotatable bonds is 15. The molecule has 0 radical (unpaired) electrons. The molecule has 0 spiro atoms.